The molecule has 1 aliphatic heterocycles. The van der Waals surface area contributed by atoms with Crippen molar-refractivity contribution in [3.8, 4) is 0 Å². The van der Waals surface area contributed by atoms with Crippen molar-refractivity contribution in [3.63, 3.8) is 0 Å². The Labute approximate surface area is 169 Å². The van der Waals surface area contributed by atoms with Crippen LogP contribution < -0.4 is 5.32 Å². The molecule has 1 aromatic carbocycles. The molecule has 2 heterocycles. The third-order valence-corrected chi connectivity index (χ3v) is 5.98. The third-order valence-electron chi connectivity index (χ3n) is 4.67. The zero-order valence-electron chi connectivity index (χ0n) is 16.3. The predicted molar refractivity (Wildman–Crippen MR) is 119 cm³/mol. The van der Waals surface area contributed by atoms with Gasteiger partial charge in [0.25, 0.3) is 0 Å². The quantitative estimate of drug-likeness (QED) is 0.695. The maximum absolute atomic E-state index is 13.6. The number of allylic oxidation sites excluding steroid dienone is 1. The van der Waals surface area contributed by atoms with Crippen LogP contribution in [0.25, 0.3) is 0 Å². The molecule has 3 unspecified atom stereocenters. The molecule has 1 amide bonds. The van der Waals surface area contributed by atoms with Crippen LogP contribution in [0.5, 0.6) is 0 Å². The molecule has 0 aliphatic carbocycles. The summed E-state index contributed by atoms with van der Waals surface area (Å²) in [5.41, 5.74) is 2.98. The van der Waals surface area contributed by atoms with Gasteiger partial charge in [0.05, 0.1) is 6.04 Å². The highest BCUT2D eigenvalue weighted by Crippen LogP contribution is 2.27. The molecule has 0 fully saturated rings. The topological polar surface area (TPSA) is 45.2 Å². The molecule has 4 nitrogen and oxygen atoms in total. The lowest BCUT2D eigenvalue weighted by Gasteiger charge is -2.32. The van der Waals surface area contributed by atoms with Crippen LogP contribution in [0.15, 0.2) is 78.6 Å². The number of amides is 1. The van der Waals surface area contributed by atoms with Gasteiger partial charge in [0, 0.05) is 36.8 Å². The largest absolute Gasteiger partial charge is 0.377 e. The van der Waals surface area contributed by atoms with E-state index in [0.29, 0.717) is 13.0 Å². The molecule has 28 heavy (non-hydrogen) atoms. The molecule has 1 N–H and O–H groups in total. The Balaban J connectivity index is 1.86. The van der Waals surface area contributed by atoms with Crippen molar-refractivity contribution in [2.24, 2.45) is 0 Å². The van der Waals surface area contributed by atoms with Gasteiger partial charge in [-0.2, -0.15) is 10.5 Å². The Hall–Kier alpha value is -2.66. The standard InChI is InChI=1S/C23H27N3OS/c1-18(2)25-22(15-19-7-5-4-6-8-19)23(27)26(21-11-14-28(3)17-21)16-20-9-12-24-13-10-20/h4-14,21-22,25H,1,3,15-17H2,2H3. The minimum absolute atomic E-state index is 0.0347. The second kappa shape index (κ2) is 9.51. The van der Waals surface area contributed by atoms with Crippen molar-refractivity contribution in [1.82, 2.24) is 15.2 Å². The molecule has 3 rings (SSSR count). The predicted octanol–water partition coefficient (Wildman–Crippen LogP) is 3.74. The van der Waals surface area contributed by atoms with E-state index in [4.69, 9.17) is 0 Å². The van der Waals surface area contributed by atoms with Crippen LogP contribution in [0.2, 0.25) is 0 Å². The van der Waals surface area contributed by atoms with Crippen LogP contribution in [0.4, 0.5) is 0 Å². The molecule has 0 saturated carbocycles. The number of hydrogen-bond donors (Lipinski definition) is 1. The summed E-state index contributed by atoms with van der Waals surface area (Å²) in [5.74, 6) is 5.12. The number of carbonyl (C=O) groups is 1. The van der Waals surface area contributed by atoms with Crippen LogP contribution >= 0.6 is 10.5 Å². The van der Waals surface area contributed by atoms with E-state index in [-0.39, 0.29) is 28.5 Å². The second-order valence-electron chi connectivity index (χ2n) is 7.09. The normalized spacial score (nSPS) is 19.2. The van der Waals surface area contributed by atoms with Crippen molar-refractivity contribution >= 4 is 22.3 Å². The summed E-state index contributed by atoms with van der Waals surface area (Å²) in [6.45, 7) is 6.40. The van der Waals surface area contributed by atoms with Gasteiger partial charge in [-0.05, 0) is 35.6 Å². The highest BCUT2D eigenvalue weighted by atomic mass is 32.2. The average Bonchev–Trinajstić information content (AvgIpc) is 3.12. The Morgan fingerprint density at radius 1 is 1.25 bits per heavy atom. The number of hydrogen-bond acceptors (Lipinski definition) is 3. The molecule has 0 radical (unpaired) electrons. The van der Waals surface area contributed by atoms with Crippen molar-refractivity contribution in [1.29, 1.82) is 0 Å². The lowest BCUT2D eigenvalue weighted by atomic mass is 10.0. The number of rotatable bonds is 8. The summed E-state index contributed by atoms with van der Waals surface area (Å²) in [5, 5.41) is 5.41. The van der Waals surface area contributed by atoms with E-state index in [1.165, 1.54) is 0 Å². The minimum Gasteiger partial charge on any atom is -0.377 e. The third kappa shape index (κ3) is 5.42. The highest BCUT2D eigenvalue weighted by molar-refractivity contribution is 8.16. The maximum Gasteiger partial charge on any atom is 0.246 e. The average molecular weight is 394 g/mol. The Kier molecular flexibility index (Phi) is 6.82. The fourth-order valence-electron chi connectivity index (χ4n) is 3.32. The number of pyridine rings is 1. The molecule has 1 aromatic heterocycles. The molecule has 3 atom stereocenters. The van der Waals surface area contributed by atoms with Gasteiger partial charge in [-0.15, -0.1) is 0 Å². The van der Waals surface area contributed by atoms with E-state index in [1.54, 1.807) is 12.4 Å². The second-order valence-corrected chi connectivity index (χ2v) is 8.77. The molecule has 0 spiro atoms. The highest BCUT2D eigenvalue weighted by Gasteiger charge is 2.30. The number of carbonyl (C=O) groups excluding carboxylic acids is 1. The summed E-state index contributed by atoms with van der Waals surface area (Å²) >= 11 is 0. The Morgan fingerprint density at radius 3 is 2.57 bits per heavy atom. The lowest BCUT2D eigenvalue weighted by molar-refractivity contribution is -0.135. The molecule has 1 aliphatic rings. The lowest BCUT2D eigenvalue weighted by Crippen LogP contribution is -2.50. The van der Waals surface area contributed by atoms with Gasteiger partial charge < -0.3 is 10.2 Å². The number of aromatic nitrogens is 1. The van der Waals surface area contributed by atoms with E-state index < -0.39 is 0 Å². The van der Waals surface area contributed by atoms with Gasteiger partial charge in [0.2, 0.25) is 5.91 Å². The molecule has 0 saturated heterocycles. The SMILES string of the molecule is C=C(C)NC(Cc1ccccc1)C(=O)N(Cc1ccncc1)C1C=CS(=C)C1. The summed E-state index contributed by atoms with van der Waals surface area (Å²) in [4.78, 5) is 19.7. The summed E-state index contributed by atoms with van der Waals surface area (Å²) < 4.78 is 0. The van der Waals surface area contributed by atoms with Gasteiger partial charge in [-0.25, -0.2) is 0 Å². The van der Waals surface area contributed by atoms with Gasteiger partial charge in [-0.1, -0.05) is 48.9 Å². The fourth-order valence-corrected chi connectivity index (χ4v) is 4.56. The number of nitrogens with one attached hydrogen (secondary N) is 1. The molecule has 2 aromatic rings. The number of benzene rings is 1. The van der Waals surface area contributed by atoms with E-state index in [2.05, 4.69) is 46.4 Å². The Bertz CT molecular complexity index is 864. The van der Waals surface area contributed by atoms with Crippen LogP contribution in [0.1, 0.15) is 18.1 Å². The van der Waals surface area contributed by atoms with Gasteiger partial charge >= 0.3 is 0 Å². The summed E-state index contributed by atoms with van der Waals surface area (Å²) in [6, 6.07) is 13.7. The first-order chi connectivity index (χ1) is 13.5. The van der Waals surface area contributed by atoms with E-state index >= 15 is 0 Å². The zero-order chi connectivity index (χ0) is 19.9. The van der Waals surface area contributed by atoms with E-state index in [1.807, 2.05) is 42.2 Å². The van der Waals surface area contributed by atoms with Crippen LogP contribution in [0.3, 0.4) is 0 Å². The minimum atomic E-state index is -0.359. The monoisotopic (exact) mass is 393 g/mol. The molecular weight excluding hydrogens is 366 g/mol. The van der Waals surface area contributed by atoms with Crippen LogP contribution in [0, 0.1) is 0 Å². The zero-order valence-corrected chi connectivity index (χ0v) is 17.1. The Morgan fingerprint density at radius 2 is 1.96 bits per heavy atom. The van der Waals surface area contributed by atoms with Crippen LogP contribution in [-0.4, -0.2) is 39.5 Å². The first kappa shape index (κ1) is 20.1. The van der Waals surface area contributed by atoms with Crippen LogP contribution in [-0.2, 0) is 17.8 Å². The van der Waals surface area contributed by atoms with Gasteiger partial charge in [-0.3, -0.25) is 9.78 Å². The van der Waals surface area contributed by atoms with E-state index in [0.717, 1.165) is 22.6 Å². The molecule has 0 bridgehead atoms. The van der Waals surface area contributed by atoms with Crippen molar-refractivity contribution in [2.75, 3.05) is 5.75 Å². The summed E-state index contributed by atoms with van der Waals surface area (Å²) in [7, 11) is -0.0347. The first-order valence-corrected chi connectivity index (χ1v) is 11.0. The molecule has 5 heteroatoms. The van der Waals surface area contributed by atoms with Gasteiger partial charge in [0.1, 0.15) is 6.04 Å². The van der Waals surface area contributed by atoms with Crippen molar-refractivity contribution < 1.29 is 4.79 Å². The van der Waals surface area contributed by atoms with E-state index in [9.17, 15) is 4.79 Å². The fraction of sp³-hybridized carbons (Fsp3) is 0.261. The molecule has 146 valence electrons. The maximum atomic E-state index is 13.6. The van der Waals surface area contributed by atoms with Gasteiger partial charge in [0.15, 0.2) is 0 Å². The smallest absolute Gasteiger partial charge is 0.246 e. The van der Waals surface area contributed by atoms with Crippen molar-refractivity contribution in [2.45, 2.75) is 32.0 Å². The number of nitrogens with zero attached hydrogens (tertiary/aromatic N) is 2. The van der Waals surface area contributed by atoms with Crippen molar-refractivity contribution in [3.05, 3.63) is 89.7 Å². The molecular formula is C23H27N3OS. The summed E-state index contributed by atoms with van der Waals surface area (Å²) in [6.07, 6.45) is 6.27. The first-order valence-electron chi connectivity index (χ1n) is 9.36.